The van der Waals surface area contributed by atoms with Crippen LogP contribution in [0.15, 0.2) is 0 Å². The van der Waals surface area contributed by atoms with Crippen LogP contribution in [-0.2, 0) is 14.4 Å². The first-order chi connectivity index (χ1) is 10.0. The third kappa shape index (κ3) is 3.74. The number of rotatable bonds is 5. The predicted molar refractivity (Wildman–Crippen MR) is 76.2 cm³/mol. The van der Waals surface area contributed by atoms with Crippen molar-refractivity contribution in [2.45, 2.75) is 57.4 Å². The Bertz CT molecular complexity index is 418. The fraction of sp³-hybridized carbons (Fsp3) is 0.800. The first kappa shape index (κ1) is 15.8. The van der Waals surface area contributed by atoms with Crippen molar-refractivity contribution < 1.29 is 19.5 Å². The van der Waals surface area contributed by atoms with E-state index in [9.17, 15) is 19.5 Å². The Balaban J connectivity index is 2.14. The number of nitrogens with two attached hydrogens (primary N) is 1. The Kier molecular flexibility index (Phi) is 5.20. The minimum atomic E-state index is -0.904. The summed E-state index contributed by atoms with van der Waals surface area (Å²) < 4.78 is 0. The Morgan fingerprint density at radius 3 is 2.00 bits per heavy atom. The lowest BCUT2D eigenvalue weighted by molar-refractivity contribution is -0.154. The molecule has 3 N–H and O–H groups in total. The lowest BCUT2D eigenvalue weighted by Crippen LogP contribution is -2.49. The van der Waals surface area contributed by atoms with Gasteiger partial charge in [0.25, 0.3) is 0 Å². The normalized spacial score (nSPS) is 26.5. The molecule has 0 bridgehead atoms. The van der Waals surface area contributed by atoms with Crippen LogP contribution in [0.3, 0.4) is 0 Å². The molecule has 0 aromatic heterocycles. The fourth-order valence-corrected chi connectivity index (χ4v) is 3.71. The summed E-state index contributed by atoms with van der Waals surface area (Å²) in [4.78, 5) is 37.0. The van der Waals surface area contributed by atoms with E-state index in [1.54, 1.807) is 4.90 Å². The van der Waals surface area contributed by atoms with Gasteiger partial charge < -0.3 is 15.7 Å². The van der Waals surface area contributed by atoms with Gasteiger partial charge in [-0.25, -0.2) is 0 Å². The van der Waals surface area contributed by atoms with Crippen molar-refractivity contribution in [3.8, 4) is 0 Å². The molecule has 0 saturated heterocycles. The van der Waals surface area contributed by atoms with Gasteiger partial charge in [0.05, 0.1) is 18.4 Å². The maximum atomic E-state index is 12.8. The van der Waals surface area contributed by atoms with Crippen molar-refractivity contribution in [3.05, 3.63) is 0 Å². The molecule has 2 saturated carbocycles. The Labute approximate surface area is 124 Å². The van der Waals surface area contributed by atoms with Gasteiger partial charge in [0.1, 0.15) is 0 Å². The number of hydrogen-bond donors (Lipinski definition) is 2. The van der Waals surface area contributed by atoms with E-state index in [0.717, 1.165) is 38.5 Å². The predicted octanol–water partition coefficient (Wildman–Crippen LogP) is 1.13. The number of aliphatic carboxylic acids is 1. The Morgan fingerprint density at radius 2 is 1.48 bits per heavy atom. The molecule has 2 amide bonds. The molecule has 2 aliphatic carbocycles. The topological polar surface area (TPSA) is 101 Å². The molecule has 0 heterocycles. The van der Waals surface area contributed by atoms with Gasteiger partial charge in [0, 0.05) is 6.04 Å². The summed E-state index contributed by atoms with van der Waals surface area (Å²) in [5, 5.41) is 9.32. The zero-order chi connectivity index (χ0) is 15.4. The highest BCUT2D eigenvalue weighted by Crippen LogP contribution is 2.34. The SMILES string of the molecule is NC(=O)CN(C(=O)C1CCCCC1C(=O)O)C1CCCC1. The van der Waals surface area contributed by atoms with Gasteiger partial charge in [0.2, 0.25) is 11.8 Å². The number of carbonyl (C=O) groups excluding carboxylic acids is 2. The molecular formula is C15H24N2O4. The summed E-state index contributed by atoms with van der Waals surface area (Å²) in [6.07, 6.45) is 6.70. The highest BCUT2D eigenvalue weighted by Gasteiger charge is 2.40. The highest BCUT2D eigenvalue weighted by atomic mass is 16.4. The smallest absolute Gasteiger partial charge is 0.307 e. The quantitative estimate of drug-likeness (QED) is 0.794. The van der Waals surface area contributed by atoms with Crippen molar-refractivity contribution in [3.63, 3.8) is 0 Å². The van der Waals surface area contributed by atoms with Crippen LogP contribution in [0.2, 0.25) is 0 Å². The zero-order valence-electron chi connectivity index (χ0n) is 12.3. The van der Waals surface area contributed by atoms with E-state index in [4.69, 9.17) is 5.73 Å². The summed E-state index contributed by atoms with van der Waals surface area (Å²) in [6, 6.07) is 0.0429. The van der Waals surface area contributed by atoms with Crippen LogP contribution < -0.4 is 5.73 Å². The van der Waals surface area contributed by atoms with Crippen molar-refractivity contribution in [2.24, 2.45) is 17.6 Å². The van der Waals surface area contributed by atoms with E-state index in [2.05, 4.69) is 0 Å². The van der Waals surface area contributed by atoms with E-state index >= 15 is 0 Å². The van der Waals surface area contributed by atoms with Crippen LogP contribution in [0, 0.1) is 11.8 Å². The maximum absolute atomic E-state index is 12.8. The molecule has 0 radical (unpaired) electrons. The number of nitrogens with zero attached hydrogens (tertiary/aromatic N) is 1. The van der Waals surface area contributed by atoms with Gasteiger partial charge in [-0.15, -0.1) is 0 Å². The average Bonchev–Trinajstić information content (AvgIpc) is 2.97. The highest BCUT2D eigenvalue weighted by molar-refractivity contribution is 5.88. The van der Waals surface area contributed by atoms with Crippen molar-refractivity contribution in [2.75, 3.05) is 6.54 Å². The number of carboxylic acids is 1. The first-order valence-corrected chi connectivity index (χ1v) is 7.82. The molecular weight excluding hydrogens is 272 g/mol. The van der Waals surface area contributed by atoms with E-state index in [1.807, 2.05) is 0 Å². The number of carbonyl (C=O) groups is 3. The van der Waals surface area contributed by atoms with Gasteiger partial charge in [0.15, 0.2) is 0 Å². The third-order valence-corrected chi connectivity index (χ3v) is 4.78. The standard InChI is InChI=1S/C15H24N2O4/c16-13(18)9-17(10-5-1-2-6-10)14(19)11-7-3-4-8-12(11)15(20)21/h10-12H,1-9H2,(H2,16,18)(H,20,21). The molecule has 0 aliphatic heterocycles. The fourth-order valence-electron chi connectivity index (χ4n) is 3.71. The van der Waals surface area contributed by atoms with Crippen LogP contribution in [-0.4, -0.2) is 40.4 Å². The van der Waals surface area contributed by atoms with Crippen LogP contribution in [0.5, 0.6) is 0 Å². The molecule has 2 rings (SSSR count). The van der Waals surface area contributed by atoms with Crippen molar-refractivity contribution >= 4 is 17.8 Å². The molecule has 118 valence electrons. The van der Waals surface area contributed by atoms with Gasteiger partial charge in [-0.2, -0.15) is 0 Å². The number of primary amides is 1. The number of amides is 2. The lowest BCUT2D eigenvalue weighted by atomic mass is 9.78. The van der Waals surface area contributed by atoms with Crippen LogP contribution in [0.1, 0.15) is 51.4 Å². The van der Waals surface area contributed by atoms with Gasteiger partial charge in [-0.3, -0.25) is 14.4 Å². The van der Waals surface area contributed by atoms with E-state index < -0.39 is 23.7 Å². The van der Waals surface area contributed by atoms with Crippen LogP contribution in [0.25, 0.3) is 0 Å². The summed E-state index contributed by atoms with van der Waals surface area (Å²) >= 11 is 0. The third-order valence-electron chi connectivity index (χ3n) is 4.78. The summed E-state index contributed by atoms with van der Waals surface area (Å²) in [5.41, 5.74) is 5.27. The molecule has 2 fully saturated rings. The van der Waals surface area contributed by atoms with Gasteiger partial charge in [-0.05, 0) is 25.7 Å². The molecule has 2 aliphatic rings. The first-order valence-electron chi connectivity index (χ1n) is 7.82. The molecule has 6 nitrogen and oxygen atoms in total. The number of carboxylic acid groups (broad SMARTS) is 1. The van der Waals surface area contributed by atoms with E-state index in [-0.39, 0.29) is 18.5 Å². The molecule has 0 aromatic carbocycles. The van der Waals surface area contributed by atoms with Crippen LogP contribution >= 0.6 is 0 Å². The molecule has 0 spiro atoms. The lowest BCUT2D eigenvalue weighted by Gasteiger charge is -2.35. The van der Waals surface area contributed by atoms with E-state index in [0.29, 0.717) is 12.8 Å². The summed E-state index contributed by atoms with van der Waals surface area (Å²) in [5.74, 6) is -2.75. The second-order valence-electron chi connectivity index (χ2n) is 6.21. The summed E-state index contributed by atoms with van der Waals surface area (Å²) in [7, 11) is 0. The number of hydrogen-bond acceptors (Lipinski definition) is 3. The monoisotopic (exact) mass is 296 g/mol. The summed E-state index contributed by atoms with van der Waals surface area (Å²) in [6.45, 7) is -0.0909. The zero-order valence-corrected chi connectivity index (χ0v) is 12.3. The molecule has 2 atom stereocenters. The largest absolute Gasteiger partial charge is 0.481 e. The molecule has 6 heteroatoms. The van der Waals surface area contributed by atoms with Crippen LogP contribution in [0.4, 0.5) is 0 Å². The van der Waals surface area contributed by atoms with Gasteiger partial charge in [-0.1, -0.05) is 25.7 Å². The van der Waals surface area contributed by atoms with E-state index in [1.165, 1.54) is 0 Å². The minimum absolute atomic E-state index is 0.0429. The Hall–Kier alpha value is -1.59. The molecule has 21 heavy (non-hydrogen) atoms. The second-order valence-corrected chi connectivity index (χ2v) is 6.21. The molecule has 2 unspecified atom stereocenters. The second kappa shape index (κ2) is 6.91. The van der Waals surface area contributed by atoms with Crippen molar-refractivity contribution in [1.29, 1.82) is 0 Å². The Morgan fingerprint density at radius 1 is 0.952 bits per heavy atom. The molecule has 0 aromatic rings. The maximum Gasteiger partial charge on any atom is 0.307 e. The average molecular weight is 296 g/mol. The van der Waals surface area contributed by atoms with Crippen molar-refractivity contribution in [1.82, 2.24) is 4.90 Å². The minimum Gasteiger partial charge on any atom is -0.481 e. The van der Waals surface area contributed by atoms with Gasteiger partial charge >= 0.3 is 5.97 Å².